The summed E-state index contributed by atoms with van der Waals surface area (Å²) in [5.74, 6) is 0. The third-order valence-corrected chi connectivity index (χ3v) is 2.44. The van der Waals surface area contributed by atoms with Crippen molar-refractivity contribution < 1.29 is 0 Å². The Labute approximate surface area is 87.9 Å². The fraction of sp³-hybridized carbons (Fsp3) is 0.455. The molecule has 0 fully saturated rings. The quantitative estimate of drug-likeness (QED) is 0.773. The van der Waals surface area contributed by atoms with Crippen LogP contribution in [0.15, 0.2) is 23.1 Å². The predicted molar refractivity (Wildman–Crippen MR) is 59.0 cm³/mol. The summed E-state index contributed by atoms with van der Waals surface area (Å²) in [5.41, 5.74) is 1.74. The second kappa shape index (κ2) is 4.29. The van der Waals surface area contributed by atoms with Gasteiger partial charge in [-0.1, -0.05) is 19.8 Å². The summed E-state index contributed by atoms with van der Waals surface area (Å²) in [6, 6.07) is 3.42. The standard InChI is InChI=1S/C11H15N3O/c1-2-3-4-5-9-8-10-12-11(15)6-7-14(10)13-9/h6-8H,2-5H2,1H3,(H,12,15). The van der Waals surface area contributed by atoms with Gasteiger partial charge in [0.1, 0.15) is 5.65 Å². The normalized spacial score (nSPS) is 11.0. The van der Waals surface area contributed by atoms with Crippen LogP contribution in [0.4, 0.5) is 0 Å². The van der Waals surface area contributed by atoms with Crippen LogP contribution in [0, 0.1) is 0 Å². The van der Waals surface area contributed by atoms with Crippen molar-refractivity contribution in [3.63, 3.8) is 0 Å². The lowest BCUT2D eigenvalue weighted by Gasteiger charge is -1.93. The van der Waals surface area contributed by atoms with Crippen molar-refractivity contribution in [3.05, 3.63) is 34.4 Å². The maximum atomic E-state index is 11.1. The predicted octanol–water partition coefficient (Wildman–Crippen LogP) is 1.76. The molecule has 0 saturated carbocycles. The zero-order valence-electron chi connectivity index (χ0n) is 8.86. The number of H-pyrrole nitrogens is 1. The molecule has 4 heteroatoms. The van der Waals surface area contributed by atoms with E-state index in [-0.39, 0.29) is 5.56 Å². The third kappa shape index (κ3) is 2.26. The minimum absolute atomic E-state index is 0.0810. The minimum atomic E-state index is -0.0810. The molecule has 80 valence electrons. The van der Waals surface area contributed by atoms with E-state index in [1.807, 2.05) is 6.07 Å². The molecule has 2 aromatic heterocycles. The van der Waals surface area contributed by atoms with Crippen LogP contribution in [0.25, 0.3) is 5.65 Å². The average Bonchev–Trinajstić information content (AvgIpc) is 2.60. The Hall–Kier alpha value is -1.58. The number of nitrogens with one attached hydrogen (secondary N) is 1. The number of hydrogen-bond donors (Lipinski definition) is 1. The molecule has 0 bridgehead atoms. The molecule has 0 spiro atoms. The van der Waals surface area contributed by atoms with E-state index in [1.54, 1.807) is 10.7 Å². The lowest BCUT2D eigenvalue weighted by molar-refractivity contribution is 0.701. The first-order valence-corrected chi connectivity index (χ1v) is 5.37. The largest absolute Gasteiger partial charge is 0.307 e. The summed E-state index contributed by atoms with van der Waals surface area (Å²) in [6.07, 6.45) is 6.27. The van der Waals surface area contributed by atoms with E-state index in [4.69, 9.17) is 0 Å². The fourth-order valence-corrected chi connectivity index (χ4v) is 1.64. The topological polar surface area (TPSA) is 50.2 Å². The van der Waals surface area contributed by atoms with Gasteiger partial charge in [0.05, 0.1) is 5.69 Å². The zero-order valence-corrected chi connectivity index (χ0v) is 8.86. The van der Waals surface area contributed by atoms with Gasteiger partial charge in [0.15, 0.2) is 0 Å². The van der Waals surface area contributed by atoms with E-state index in [1.165, 1.54) is 18.9 Å². The van der Waals surface area contributed by atoms with Gasteiger partial charge < -0.3 is 4.98 Å². The maximum Gasteiger partial charge on any atom is 0.251 e. The third-order valence-electron chi connectivity index (χ3n) is 2.44. The van der Waals surface area contributed by atoms with Crippen molar-refractivity contribution in [2.24, 2.45) is 0 Å². The van der Waals surface area contributed by atoms with Crippen molar-refractivity contribution in [2.75, 3.05) is 0 Å². The van der Waals surface area contributed by atoms with Crippen LogP contribution in [0.1, 0.15) is 31.9 Å². The number of aromatic amines is 1. The monoisotopic (exact) mass is 205 g/mol. The summed E-state index contributed by atoms with van der Waals surface area (Å²) < 4.78 is 1.71. The van der Waals surface area contributed by atoms with Crippen molar-refractivity contribution >= 4 is 5.65 Å². The first kappa shape index (κ1) is 9.96. The smallest absolute Gasteiger partial charge is 0.251 e. The van der Waals surface area contributed by atoms with Gasteiger partial charge in [-0.25, -0.2) is 4.52 Å². The molecule has 2 rings (SSSR count). The second-order valence-corrected chi connectivity index (χ2v) is 3.73. The van der Waals surface area contributed by atoms with Gasteiger partial charge in [0.25, 0.3) is 5.56 Å². The number of hydrogen-bond acceptors (Lipinski definition) is 2. The average molecular weight is 205 g/mol. The van der Waals surface area contributed by atoms with Crippen LogP contribution < -0.4 is 5.56 Å². The molecule has 0 aromatic carbocycles. The highest BCUT2D eigenvalue weighted by atomic mass is 16.1. The fourth-order valence-electron chi connectivity index (χ4n) is 1.64. The van der Waals surface area contributed by atoms with Gasteiger partial charge >= 0.3 is 0 Å². The lowest BCUT2D eigenvalue weighted by atomic mass is 10.2. The Kier molecular flexibility index (Phi) is 2.85. The molecular formula is C11H15N3O. The molecular weight excluding hydrogens is 190 g/mol. The van der Waals surface area contributed by atoms with E-state index >= 15 is 0 Å². The minimum Gasteiger partial charge on any atom is -0.307 e. The van der Waals surface area contributed by atoms with E-state index in [9.17, 15) is 4.79 Å². The summed E-state index contributed by atoms with van der Waals surface area (Å²) in [5, 5.41) is 4.37. The van der Waals surface area contributed by atoms with Crippen LogP contribution in [-0.4, -0.2) is 14.6 Å². The van der Waals surface area contributed by atoms with E-state index in [0.717, 1.165) is 24.2 Å². The van der Waals surface area contributed by atoms with Gasteiger partial charge in [-0.2, -0.15) is 5.10 Å². The molecule has 2 aromatic rings. The van der Waals surface area contributed by atoms with Crippen LogP contribution >= 0.6 is 0 Å². The molecule has 2 heterocycles. The molecule has 0 aliphatic rings. The highest BCUT2D eigenvalue weighted by molar-refractivity contribution is 5.38. The Morgan fingerprint density at radius 3 is 3.13 bits per heavy atom. The van der Waals surface area contributed by atoms with Gasteiger partial charge in [-0.05, 0) is 12.8 Å². The van der Waals surface area contributed by atoms with Crippen molar-refractivity contribution in [3.8, 4) is 0 Å². The molecule has 0 aliphatic heterocycles. The van der Waals surface area contributed by atoms with E-state index in [2.05, 4.69) is 17.0 Å². The number of fused-ring (bicyclic) bond motifs is 1. The Bertz CT molecular complexity index is 498. The molecule has 0 aliphatic carbocycles. The summed E-state index contributed by atoms with van der Waals surface area (Å²) in [6.45, 7) is 2.18. The zero-order chi connectivity index (χ0) is 10.7. The molecule has 0 radical (unpaired) electrons. The van der Waals surface area contributed by atoms with Gasteiger partial charge in [-0.15, -0.1) is 0 Å². The van der Waals surface area contributed by atoms with Crippen LogP contribution in [0.2, 0.25) is 0 Å². The number of aryl methyl sites for hydroxylation is 1. The Balaban J connectivity index is 2.19. The molecule has 4 nitrogen and oxygen atoms in total. The summed E-state index contributed by atoms with van der Waals surface area (Å²) >= 11 is 0. The van der Waals surface area contributed by atoms with E-state index in [0.29, 0.717) is 0 Å². The van der Waals surface area contributed by atoms with Crippen LogP contribution in [-0.2, 0) is 6.42 Å². The first-order chi connectivity index (χ1) is 7.29. The van der Waals surface area contributed by atoms with Crippen LogP contribution in [0.3, 0.4) is 0 Å². The highest BCUT2D eigenvalue weighted by Crippen LogP contribution is 2.06. The Morgan fingerprint density at radius 1 is 1.47 bits per heavy atom. The van der Waals surface area contributed by atoms with Crippen molar-refractivity contribution in [2.45, 2.75) is 32.6 Å². The summed E-state index contributed by atoms with van der Waals surface area (Å²) in [7, 11) is 0. The highest BCUT2D eigenvalue weighted by Gasteiger charge is 2.01. The summed E-state index contributed by atoms with van der Waals surface area (Å²) in [4.78, 5) is 13.8. The SMILES string of the molecule is CCCCCc1cc2[nH]c(=O)ccn2n1. The number of aromatic nitrogens is 3. The van der Waals surface area contributed by atoms with E-state index < -0.39 is 0 Å². The number of rotatable bonds is 4. The molecule has 0 unspecified atom stereocenters. The number of nitrogens with zero attached hydrogens (tertiary/aromatic N) is 2. The molecule has 0 saturated heterocycles. The van der Waals surface area contributed by atoms with Gasteiger partial charge in [0, 0.05) is 18.3 Å². The second-order valence-electron chi connectivity index (χ2n) is 3.73. The molecule has 0 amide bonds. The molecule has 15 heavy (non-hydrogen) atoms. The van der Waals surface area contributed by atoms with Crippen molar-refractivity contribution in [1.29, 1.82) is 0 Å². The Morgan fingerprint density at radius 2 is 2.33 bits per heavy atom. The van der Waals surface area contributed by atoms with Gasteiger partial charge in [-0.3, -0.25) is 4.79 Å². The lowest BCUT2D eigenvalue weighted by Crippen LogP contribution is -2.05. The van der Waals surface area contributed by atoms with Crippen molar-refractivity contribution in [1.82, 2.24) is 14.6 Å². The first-order valence-electron chi connectivity index (χ1n) is 5.37. The maximum absolute atomic E-state index is 11.1. The molecule has 0 atom stereocenters. The van der Waals surface area contributed by atoms with Crippen LogP contribution in [0.5, 0.6) is 0 Å². The van der Waals surface area contributed by atoms with Gasteiger partial charge in [0.2, 0.25) is 0 Å². The molecule has 1 N–H and O–H groups in total. The number of unbranched alkanes of at least 4 members (excludes halogenated alkanes) is 2.